The molecule has 1 aromatic heterocycles. The van der Waals surface area contributed by atoms with Crippen molar-refractivity contribution in [3.05, 3.63) is 64.1 Å². The zero-order valence-corrected chi connectivity index (χ0v) is 10.3. The molecule has 0 saturated carbocycles. The van der Waals surface area contributed by atoms with Crippen LogP contribution in [0.1, 0.15) is 17.3 Å². The van der Waals surface area contributed by atoms with E-state index in [0.29, 0.717) is 11.3 Å². The number of pyridine rings is 1. The van der Waals surface area contributed by atoms with Crippen LogP contribution in [-0.2, 0) is 4.79 Å². The average molecular weight is 259 g/mol. The normalized spacial score (nSPS) is 12.1. The minimum absolute atomic E-state index is 0.170. The van der Waals surface area contributed by atoms with Crippen molar-refractivity contribution in [2.75, 3.05) is 0 Å². The summed E-state index contributed by atoms with van der Waals surface area (Å²) >= 11 is 0. The Bertz CT molecular complexity index is 661. The van der Waals surface area contributed by atoms with Crippen LogP contribution in [0.2, 0.25) is 0 Å². The van der Waals surface area contributed by atoms with Gasteiger partial charge in [0.1, 0.15) is 5.75 Å². The molecule has 1 heterocycles. The average Bonchev–Trinajstić information content (AvgIpc) is 2.34. The van der Waals surface area contributed by atoms with Crippen molar-refractivity contribution >= 4 is 5.97 Å². The third-order valence-corrected chi connectivity index (χ3v) is 2.85. The lowest BCUT2D eigenvalue weighted by molar-refractivity contribution is -0.139. The highest BCUT2D eigenvalue weighted by atomic mass is 16.4. The van der Waals surface area contributed by atoms with Crippen molar-refractivity contribution in [3.8, 4) is 5.75 Å². The van der Waals surface area contributed by atoms with Gasteiger partial charge in [0.25, 0.3) is 5.56 Å². The number of hydrogen-bond acceptors (Lipinski definition) is 3. The molecule has 0 fully saturated rings. The molecule has 0 amide bonds. The third-order valence-electron chi connectivity index (χ3n) is 2.85. The van der Waals surface area contributed by atoms with Gasteiger partial charge >= 0.3 is 5.97 Å². The summed E-state index contributed by atoms with van der Waals surface area (Å²) in [6, 6.07) is 9.77. The van der Waals surface area contributed by atoms with E-state index in [1.807, 2.05) is 0 Å². The van der Waals surface area contributed by atoms with E-state index in [-0.39, 0.29) is 5.75 Å². The largest absolute Gasteiger partial charge is 0.508 e. The summed E-state index contributed by atoms with van der Waals surface area (Å²) in [5.74, 6) is -1.29. The number of rotatable bonds is 3. The summed E-state index contributed by atoms with van der Waals surface area (Å²) in [5, 5.41) is 18.7. The molecule has 0 aliphatic rings. The van der Waals surface area contributed by atoms with Gasteiger partial charge in [-0.15, -0.1) is 0 Å². The molecule has 5 heteroatoms. The number of aromatic hydroxyl groups is 1. The summed E-state index contributed by atoms with van der Waals surface area (Å²) < 4.78 is 1.15. The van der Waals surface area contributed by atoms with E-state index in [1.54, 1.807) is 37.3 Å². The number of aryl methyl sites for hydroxylation is 1. The highest BCUT2D eigenvalue weighted by molar-refractivity contribution is 5.76. The van der Waals surface area contributed by atoms with Gasteiger partial charge in [0.15, 0.2) is 6.04 Å². The van der Waals surface area contributed by atoms with Crippen molar-refractivity contribution in [3.63, 3.8) is 0 Å². The molecule has 2 N–H and O–H groups in total. The minimum Gasteiger partial charge on any atom is -0.508 e. The molecule has 2 aromatic rings. The van der Waals surface area contributed by atoms with Crippen LogP contribution >= 0.6 is 0 Å². The Labute approximate surface area is 109 Å². The van der Waals surface area contributed by atoms with Gasteiger partial charge in [0.2, 0.25) is 0 Å². The van der Waals surface area contributed by atoms with Gasteiger partial charge in [-0.2, -0.15) is 0 Å². The summed E-state index contributed by atoms with van der Waals surface area (Å²) in [4.78, 5) is 23.4. The van der Waals surface area contributed by atoms with E-state index in [4.69, 9.17) is 0 Å². The van der Waals surface area contributed by atoms with E-state index in [1.165, 1.54) is 6.07 Å². The van der Waals surface area contributed by atoms with E-state index in [0.717, 1.165) is 10.6 Å². The van der Waals surface area contributed by atoms with E-state index in [2.05, 4.69) is 0 Å². The fourth-order valence-corrected chi connectivity index (χ4v) is 2.06. The molecule has 1 aromatic carbocycles. The quantitative estimate of drug-likeness (QED) is 0.876. The topological polar surface area (TPSA) is 79.5 Å². The molecule has 19 heavy (non-hydrogen) atoms. The number of aliphatic carboxylic acids is 1. The Morgan fingerprint density at radius 1 is 1.21 bits per heavy atom. The number of hydrogen-bond donors (Lipinski definition) is 2. The van der Waals surface area contributed by atoms with Crippen LogP contribution < -0.4 is 5.56 Å². The number of carboxylic acids is 1. The van der Waals surface area contributed by atoms with Gasteiger partial charge in [0.05, 0.1) is 0 Å². The Hall–Kier alpha value is -2.56. The van der Waals surface area contributed by atoms with E-state index in [9.17, 15) is 19.8 Å². The maximum atomic E-state index is 11.9. The first kappa shape index (κ1) is 12.9. The first-order valence-electron chi connectivity index (χ1n) is 5.70. The summed E-state index contributed by atoms with van der Waals surface area (Å²) in [5.41, 5.74) is 0.348. The SMILES string of the molecule is Cc1cc(O)cc(=O)n1C(C(=O)O)c1ccccc1. The molecule has 0 saturated heterocycles. The summed E-state index contributed by atoms with van der Waals surface area (Å²) in [7, 11) is 0. The monoisotopic (exact) mass is 259 g/mol. The van der Waals surface area contributed by atoms with Crippen LogP contribution in [0, 0.1) is 6.92 Å². The number of aromatic nitrogens is 1. The zero-order valence-electron chi connectivity index (χ0n) is 10.3. The first-order chi connectivity index (χ1) is 9.00. The van der Waals surface area contributed by atoms with Gasteiger partial charge in [-0.25, -0.2) is 4.79 Å². The Balaban J connectivity index is 2.66. The Morgan fingerprint density at radius 3 is 2.37 bits per heavy atom. The van der Waals surface area contributed by atoms with Crippen molar-refractivity contribution in [2.45, 2.75) is 13.0 Å². The molecule has 1 atom stereocenters. The highest BCUT2D eigenvalue weighted by Gasteiger charge is 2.24. The van der Waals surface area contributed by atoms with Gasteiger partial charge in [-0.05, 0) is 18.6 Å². The lowest BCUT2D eigenvalue weighted by atomic mass is 10.1. The van der Waals surface area contributed by atoms with Crippen LogP contribution in [-0.4, -0.2) is 20.7 Å². The van der Waals surface area contributed by atoms with Crippen molar-refractivity contribution in [2.24, 2.45) is 0 Å². The smallest absolute Gasteiger partial charge is 0.331 e. The number of carbonyl (C=O) groups is 1. The molecule has 0 aliphatic heterocycles. The van der Waals surface area contributed by atoms with Crippen molar-refractivity contribution < 1.29 is 15.0 Å². The number of nitrogens with zero attached hydrogens (tertiary/aromatic N) is 1. The van der Waals surface area contributed by atoms with Gasteiger partial charge in [-0.3, -0.25) is 9.36 Å². The number of carboxylic acid groups (broad SMARTS) is 1. The molecule has 0 radical (unpaired) electrons. The van der Waals surface area contributed by atoms with Crippen LogP contribution in [0.25, 0.3) is 0 Å². The molecule has 0 aliphatic carbocycles. The first-order valence-corrected chi connectivity index (χ1v) is 5.70. The lowest BCUT2D eigenvalue weighted by Gasteiger charge is -2.18. The van der Waals surface area contributed by atoms with Crippen LogP contribution in [0.4, 0.5) is 0 Å². The standard InChI is InChI=1S/C14H13NO4/c1-9-7-11(16)8-12(17)15(9)13(14(18)19)10-5-3-2-4-6-10/h2-8,13,16H,1H3,(H,18,19). The number of benzene rings is 1. The van der Waals surface area contributed by atoms with Crippen molar-refractivity contribution in [1.29, 1.82) is 0 Å². The minimum atomic E-state index is -1.12. The van der Waals surface area contributed by atoms with E-state index < -0.39 is 17.6 Å². The van der Waals surface area contributed by atoms with Crippen LogP contribution in [0.5, 0.6) is 5.75 Å². The third kappa shape index (κ3) is 2.49. The molecular formula is C14H13NO4. The van der Waals surface area contributed by atoms with Crippen LogP contribution in [0.3, 0.4) is 0 Å². The summed E-state index contributed by atoms with van der Waals surface area (Å²) in [6.07, 6.45) is 0. The highest BCUT2D eigenvalue weighted by Crippen LogP contribution is 2.20. The Morgan fingerprint density at radius 2 is 1.84 bits per heavy atom. The maximum absolute atomic E-state index is 11.9. The van der Waals surface area contributed by atoms with Gasteiger partial charge in [0, 0.05) is 11.8 Å². The lowest BCUT2D eigenvalue weighted by Crippen LogP contribution is -2.31. The molecule has 0 bridgehead atoms. The fourth-order valence-electron chi connectivity index (χ4n) is 2.06. The van der Waals surface area contributed by atoms with Crippen molar-refractivity contribution in [1.82, 2.24) is 4.57 Å². The molecule has 2 rings (SSSR count). The molecule has 5 nitrogen and oxygen atoms in total. The predicted octanol–water partition coefficient (Wildman–Crippen LogP) is 1.54. The second kappa shape index (κ2) is 4.97. The zero-order chi connectivity index (χ0) is 14.0. The van der Waals surface area contributed by atoms with Crippen LogP contribution in [0.15, 0.2) is 47.3 Å². The van der Waals surface area contributed by atoms with Gasteiger partial charge < -0.3 is 10.2 Å². The molecular weight excluding hydrogens is 246 g/mol. The second-order valence-electron chi connectivity index (χ2n) is 4.21. The molecule has 98 valence electrons. The maximum Gasteiger partial charge on any atom is 0.331 e. The summed E-state index contributed by atoms with van der Waals surface area (Å²) in [6.45, 7) is 1.58. The Kier molecular flexibility index (Phi) is 3.37. The predicted molar refractivity (Wildman–Crippen MR) is 69.3 cm³/mol. The van der Waals surface area contributed by atoms with Gasteiger partial charge in [-0.1, -0.05) is 30.3 Å². The molecule has 0 spiro atoms. The molecule has 1 unspecified atom stereocenters. The second-order valence-corrected chi connectivity index (χ2v) is 4.21. The van der Waals surface area contributed by atoms with E-state index >= 15 is 0 Å². The fraction of sp³-hybridized carbons (Fsp3) is 0.143.